The lowest BCUT2D eigenvalue weighted by atomic mass is 9.85. The van der Waals surface area contributed by atoms with E-state index in [1.165, 1.54) is 0 Å². The Morgan fingerprint density at radius 2 is 2.00 bits per heavy atom. The van der Waals surface area contributed by atoms with Crippen molar-refractivity contribution in [2.45, 2.75) is 32.1 Å². The highest BCUT2D eigenvalue weighted by Crippen LogP contribution is 2.40. The number of nitrogens with one attached hydrogen (secondary N) is 1. The van der Waals surface area contributed by atoms with Crippen LogP contribution in [-0.2, 0) is 9.59 Å². The Kier molecular flexibility index (Phi) is 2.86. The number of hydrogen-bond acceptors (Lipinski definition) is 3. The zero-order valence-corrected chi connectivity index (χ0v) is 12.8. The van der Waals surface area contributed by atoms with Gasteiger partial charge in [0.15, 0.2) is 0 Å². The zero-order chi connectivity index (χ0) is 15.4. The molecule has 5 nitrogen and oxygen atoms in total. The summed E-state index contributed by atoms with van der Waals surface area (Å²) in [5.41, 5.74) is 6.71. The molecule has 3 aliphatic rings. The Morgan fingerprint density at radius 3 is 2.82 bits per heavy atom. The number of hydrazone groups is 1. The van der Waals surface area contributed by atoms with Gasteiger partial charge >= 0.3 is 0 Å². The lowest BCUT2D eigenvalue weighted by molar-refractivity contribution is -0.126. The highest BCUT2D eigenvalue weighted by atomic mass is 16.2. The topological polar surface area (TPSA) is 61.8 Å². The number of carbonyl (C=O) groups is 2. The highest BCUT2D eigenvalue weighted by Gasteiger charge is 2.40. The molecule has 22 heavy (non-hydrogen) atoms. The molecule has 0 saturated heterocycles. The van der Waals surface area contributed by atoms with Gasteiger partial charge in [0, 0.05) is 24.6 Å². The van der Waals surface area contributed by atoms with Crippen molar-refractivity contribution in [3.05, 3.63) is 29.3 Å². The summed E-state index contributed by atoms with van der Waals surface area (Å²) < 4.78 is 0. The number of amides is 2. The summed E-state index contributed by atoms with van der Waals surface area (Å²) in [6.07, 6.45) is 3.03. The minimum absolute atomic E-state index is 0.0516. The van der Waals surface area contributed by atoms with Gasteiger partial charge in [-0.15, -0.1) is 0 Å². The minimum atomic E-state index is -0.113. The lowest BCUT2D eigenvalue weighted by Crippen LogP contribution is -2.39. The number of anilines is 1. The summed E-state index contributed by atoms with van der Waals surface area (Å²) in [5.74, 6) is 0.345. The molecular formula is C17H19N3O2. The predicted molar refractivity (Wildman–Crippen MR) is 83.8 cm³/mol. The number of likely N-dealkylation sites (N-methyl/N-ethyl adjacent to an activating group) is 1. The first-order chi connectivity index (χ1) is 10.6. The van der Waals surface area contributed by atoms with Gasteiger partial charge in [0.1, 0.15) is 0 Å². The molecular weight excluding hydrogens is 278 g/mol. The third-order valence-electron chi connectivity index (χ3n) is 5.34. The molecule has 1 aromatic rings. The van der Waals surface area contributed by atoms with Crippen molar-refractivity contribution in [3.63, 3.8) is 0 Å². The summed E-state index contributed by atoms with van der Waals surface area (Å²) in [5, 5.41) is 4.33. The molecule has 0 bridgehead atoms. The number of carbonyl (C=O) groups excluding carboxylic acids is 2. The van der Waals surface area contributed by atoms with E-state index in [0.29, 0.717) is 0 Å². The Hall–Kier alpha value is -2.17. The van der Waals surface area contributed by atoms with Crippen molar-refractivity contribution in [1.29, 1.82) is 0 Å². The molecule has 2 aliphatic heterocycles. The van der Waals surface area contributed by atoms with Crippen LogP contribution in [0.15, 0.2) is 23.3 Å². The Balaban J connectivity index is 1.76. The number of benzene rings is 1. The predicted octanol–water partition coefficient (Wildman–Crippen LogP) is 2.02. The second-order valence-corrected chi connectivity index (χ2v) is 6.51. The summed E-state index contributed by atoms with van der Waals surface area (Å²) >= 11 is 0. The first kappa shape index (κ1) is 13.5. The molecule has 3 atom stereocenters. The molecule has 2 heterocycles. The van der Waals surface area contributed by atoms with Crippen LogP contribution in [0.4, 0.5) is 5.69 Å². The van der Waals surface area contributed by atoms with Crippen LogP contribution < -0.4 is 10.3 Å². The van der Waals surface area contributed by atoms with E-state index in [4.69, 9.17) is 0 Å². The maximum absolute atomic E-state index is 12.1. The minimum Gasteiger partial charge on any atom is -0.315 e. The molecule has 0 spiro atoms. The van der Waals surface area contributed by atoms with Gasteiger partial charge in [-0.1, -0.05) is 12.5 Å². The second-order valence-electron chi connectivity index (χ2n) is 6.51. The second kappa shape index (κ2) is 4.66. The van der Waals surface area contributed by atoms with Crippen LogP contribution in [0.3, 0.4) is 0 Å². The molecule has 4 rings (SSSR count). The maximum Gasteiger partial charge on any atom is 0.243 e. The largest absolute Gasteiger partial charge is 0.315 e. The molecule has 5 heteroatoms. The Morgan fingerprint density at radius 1 is 1.23 bits per heavy atom. The van der Waals surface area contributed by atoms with E-state index in [0.717, 1.165) is 41.8 Å². The molecule has 0 radical (unpaired) electrons. The zero-order valence-electron chi connectivity index (χ0n) is 12.8. The fourth-order valence-electron chi connectivity index (χ4n) is 4.07. The Bertz CT molecular complexity index is 710. The van der Waals surface area contributed by atoms with Gasteiger partial charge in [0.05, 0.1) is 11.6 Å². The summed E-state index contributed by atoms with van der Waals surface area (Å²) in [6.45, 7) is 1.94. The van der Waals surface area contributed by atoms with E-state index in [2.05, 4.69) is 16.6 Å². The summed E-state index contributed by atoms with van der Waals surface area (Å²) in [7, 11) is 1.82. The van der Waals surface area contributed by atoms with Crippen molar-refractivity contribution in [1.82, 2.24) is 5.43 Å². The van der Waals surface area contributed by atoms with Crippen molar-refractivity contribution in [3.8, 4) is 0 Å². The van der Waals surface area contributed by atoms with Gasteiger partial charge < -0.3 is 4.90 Å². The normalized spacial score (nSPS) is 30.0. The quantitative estimate of drug-likeness (QED) is 0.862. The maximum atomic E-state index is 12.1. The average molecular weight is 297 g/mol. The van der Waals surface area contributed by atoms with E-state index in [-0.39, 0.29) is 29.6 Å². The Labute approximate surface area is 129 Å². The molecule has 2 amide bonds. The van der Waals surface area contributed by atoms with Crippen LogP contribution in [0, 0.1) is 11.8 Å². The summed E-state index contributed by atoms with van der Waals surface area (Å²) in [4.78, 5) is 25.7. The highest BCUT2D eigenvalue weighted by molar-refractivity contribution is 6.09. The SMILES string of the molecule is CC1C(=O)N(C)c2ccc(C3=NNC(=O)C4CCCC34)cc21. The van der Waals surface area contributed by atoms with Crippen LogP contribution in [0.1, 0.15) is 43.2 Å². The van der Waals surface area contributed by atoms with Gasteiger partial charge in [-0.2, -0.15) is 5.10 Å². The summed E-state index contributed by atoms with van der Waals surface area (Å²) in [6, 6.07) is 6.09. The number of hydrogen-bond donors (Lipinski definition) is 1. The molecule has 1 N–H and O–H groups in total. The number of nitrogens with zero attached hydrogens (tertiary/aromatic N) is 2. The monoisotopic (exact) mass is 297 g/mol. The van der Waals surface area contributed by atoms with Crippen molar-refractivity contribution in [2.24, 2.45) is 16.9 Å². The number of rotatable bonds is 1. The number of fused-ring (bicyclic) bond motifs is 2. The van der Waals surface area contributed by atoms with Crippen molar-refractivity contribution in [2.75, 3.05) is 11.9 Å². The van der Waals surface area contributed by atoms with Gasteiger partial charge in [0.2, 0.25) is 11.8 Å². The molecule has 1 aromatic carbocycles. The molecule has 3 unspecified atom stereocenters. The first-order valence-electron chi connectivity index (χ1n) is 7.87. The molecule has 1 saturated carbocycles. The van der Waals surface area contributed by atoms with Crippen LogP contribution >= 0.6 is 0 Å². The van der Waals surface area contributed by atoms with Gasteiger partial charge in [-0.25, -0.2) is 5.43 Å². The molecule has 114 valence electrons. The lowest BCUT2D eigenvalue weighted by Gasteiger charge is -2.25. The van der Waals surface area contributed by atoms with Crippen LogP contribution in [0.2, 0.25) is 0 Å². The third-order valence-corrected chi connectivity index (χ3v) is 5.34. The fourth-order valence-corrected chi connectivity index (χ4v) is 4.07. The van der Waals surface area contributed by atoms with E-state index >= 15 is 0 Å². The van der Waals surface area contributed by atoms with Crippen LogP contribution in [0.25, 0.3) is 0 Å². The molecule has 0 aromatic heterocycles. The molecule has 1 fully saturated rings. The fraction of sp³-hybridized carbons (Fsp3) is 0.471. The van der Waals surface area contributed by atoms with Crippen LogP contribution in [0.5, 0.6) is 0 Å². The smallest absolute Gasteiger partial charge is 0.243 e. The van der Waals surface area contributed by atoms with Gasteiger partial charge in [0.25, 0.3) is 0 Å². The molecule has 1 aliphatic carbocycles. The first-order valence-corrected chi connectivity index (χ1v) is 7.87. The van der Waals surface area contributed by atoms with E-state index in [1.807, 2.05) is 26.1 Å². The van der Waals surface area contributed by atoms with Crippen molar-refractivity contribution < 1.29 is 9.59 Å². The third kappa shape index (κ3) is 1.74. The van der Waals surface area contributed by atoms with Crippen LogP contribution in [-0.4, -0.2) is 24.6 Å². The van der Waals surface area contributed by atoms with Gasteiger partial charge in [-0.05, 0) is 43.0 Å². The van der Waals surface area contributed by atoms with Gasteiger partial charge in [-0.3, -0.25) is 9.59 Å². The average Bonchev–Trinajstić information content (AvgIpc) is 3.09. The van der Waals surface area contributed by atoms with Crippen molar-refractivity contribution >= 4 is 23.2 Å². The van der Waals surface area contributed by atoms with E-state index < -0.39 is 0 Å². The van der Waals surface area contributed by atoms with E-state index in [9.17, 15) is 9.59 Å². The standard InChI is InChI=1S/C17H19N3O2/c1-9-13-8-10(6-7-14(13)20(2)17(9)22)15-11-4-3-5-12(11)16(21)19-18-15/h6-9,11-12H,3-5H2,1-2H3,(H,19,21). The van der Waals surface area contributed by atoms with E-state index in [1.54, 1.807) is 4.90 Å².